The molecule has 5 heteroatoms. The Morgan fingerprint density at radius 2 is 2.09 bits per heavy atom. The summed E-state index contributed by atoms with van der Waals surface area (Å²) in [6, 6.07) is 11.8. The van der Waals surface area contributed by atoms with Gasteiger partial charge in [-0.2, -0.15) is 0 Å². The summed E-state index contributed by atoms with van der Waals surface area (Å²) >= 11 is 7.88. The maximum atomic E-state index is 11.2. The van der Waals surface area contributed by atoms with E-state index in [0.29, 0.717) is 11.4 Å². The first-order valence-electron chi connectivity index (χ1n) is 6.93. The van der Waals surface area contributed by atoms with Gasteiger partial charge in [0.25, 0.3) is 0 Å². The minimum atomic E-state index is 0.123. The van der Waals surface area contributed by atoms with Crippen molar-refractivity contribution in [2.75, 3.05) is 5.32 Å². The van der Waals surface area contributed by atoms with E-state index < -0.39 is 0 Å². The Morgan fingerprint density at radius 3 is 2.82 bits per heavy atom. The van der Waals surface area contributed by atoms with Crippen LogP contribution >= 0.6 is 22.9 Å². The van der Waals surface area contributed by atoms with E-state index in [1.165, 1.54) is 5.56 Å². The molecule has 0 unspecified atom stereocenters. The summed E-state index contributed by atoms with van der Waals surface area (Å²) in [5.41, 5.74) is 3.91. The number of aryl methyl sites for hydroxylation is 1. The zero-order valence-electron chi connectivity index (χ0n) is 12.3. The van der Waals surface area contributed by atoms with Gasteiger partial charge >= 0.3 is 0 Å². The van der Waals surface area contributed by atoms with E-state index in [-0.39, 0.29) is 5.78 Å². The lowest BCUT2D eigenvalue weighted by molar-refractivity contribution is -0.116. The quantitative estimate of drug-likeness (QED) is 0.720. The average molecular weight is 331 g/mol. The van der Waals surface area contributed by atoms with E-state index >= 15 is 0 Å². The topological polar surface area (TPSA) is 42.0 Å². The van der Waals surface area contributed by atoms with Crippen LogP contribution in [0.3, 0.4) is 0 Å². The lowest BCUT2D eigenvalue weighted by atomic mass is 10.1. The molecule has 0 saturated heterocycles. The molecule has 112 valence electrons. The van der Waals surface area contributed by atoms with E-state index in [2.05, 4.69) is 29.4 Å². The smallest absolute Gasteiger partial charge is 0.188 e. The number of halogens is 1. The van der Waals surface area contributed by atoms with Crippen molar-refractivity contribution in [1.29, 1.82) is 0 Å². The largest absolute Gasteiger partial charge is 0.330 e. The van der Waals surface area contributed by atoms with Crippen LogP contribution in [0.4, 0.5) is 10.8 Å². The number of anilines is 2. The molecule has 3 aromatic rings. The van der Waals surface area contributed by atoms with Gasteiger partial charge in [-0.15, -0.1) is 0 Å². The van der Waals surface area contributed by atoms with Crippen molar-refractivity contribution in [2.45, 2.75) is 20.3 Å². The normalized spacial score (nSPS) is 10.9. The van der Waals surface area contributed by atoms with Gasteiger partial charge in [-0.1, -0.05) is 35.1 Å². The van der Waals surface area contributed by atoms with Crippen molar-refractivity contribution in [2.24, 2.45) is 0 Å². The first-order chi connectivity index (χ1) is 10.5. The third kappa shape index (κ3) is 3.29. The SMILES string of the molecule is CC(=O)Cc1ccc(Nc2nc3ccc(C)cc3s2)c(Cl)c1. The van der Waals surface area contributed by atoms with Crippen molar-refractivity contribution in [3.05, 3.63) is 52.5 Å². The zero-order chi connectivity index (χ0) is 15.7. The van der Waals surface area contributed by atoms with Crippen molar-refractivity contribution in [3.63, 3.8) is 0 Å². The average Bonchev–Trinajstić information content (AvgIpc) is 2.82. The number of benzene rings is 2. The molecule has 0 spiro atoms. The molecular weight excluding hydrogens is 316 g/mol. The Bertz CT molecular complexity index is 857. The molecule has 0 fully saturated rings. The molecule has 0 bridgehead atoms. The predicted octanol–water partition coefficient (Wildman–Crippen LogP) is 5.13. The molecule has 1 N–H and O–H groups in total. The van der Waals surface area contributed by atoms with Crippen LogP contribution in [-0.2, 0) is 11.2 Å². The standard InChI is InChI=1S/C17H15ClN2OS/c1-10-3-5-15-16(7-10)22-17(20-15)19-14-6-4-12(8-11(2)21)9-13(14)18/h3-7,9H,8H2,1-2H3,(H,19,20). The molecule has 3 rings (SSSR count). The summed E-state index contributed by atoms with van der Waals surface area (Å²) in [7, 11) is 0. The summed E-state index contributed by atoms with van der Waals surface area (Å²) in [6.45, 7) is 3.64. The molecule has 0 amide bonds. The lowest BCUT2D eigenvalue weighted by Gasteiger charge is -2.07. The third-order valence-corrected chi connectivity index (χ3v) is 4.52. The van der Waals surface area contributed by atoms with Gasteiger partial charge in [-0.3, -0.25) is 4.79 Å². The van der Waals surface area contributed by atoms with Crippen molar-refractivity contribution >= 4 is 49.8 Å². The van der Waals surface area contributed by atoms with Crippen LogP contribution in [-0.4, -0.2) is 10.8 Å². The molecule has 0 atom stereocenters. The second-order valence-corrected chi connectivity index (χ2v) is 6.75. The van der Waals surface area contributed by atoms with Crippen LogP contribution in [0.5, 0.6) is 0 Å². The summed E-state index contributed by atoms with van der Waals surface area (Å²) in [4.78, 5) is 15.7. The molecule has 2 aromatic carbocycles. The first-order valence-corrected chi connectivity index (χ1v) is 8.13. The number of nitrogens with one attached hydrogen (secondary N) is 1. The summed E-state index contributed by atoms with van der Waals surface area (Å²) < 4.78 is 1.15. The molecule has 3 nitrogen and oxygen atoms in total. The first kappa shape index (κ1) is 15.0. The van der Waals surface area contributed by atoms with Gasteiger partial charge in [-0.25, -0.2) is 4.98 Å². The number of rotatable bonds is 4. The summed E-state index contributed by atoms with van der Waals surface area (Å²) in [5, 5.41) is 4.65. The Morgan fingerprint density at radius 1 is 1.27 bits per heavy atom. The number of aromatic nitrogens is 1. The van der Waals surface area contributed by atoms with E-state index in [1.807, 2.05) is 24.3 Å². The number of thiazole rings is 1. The van der Waals surface area contributed by atoms with Crippen molar-refractivity contribution in [1.82, 2.24) is 4.98 Å². The van der Waals surface area contributed by atoms with Gasteiger partial charge in [0, 0.05) is 6.42 Å². The van der Waals surface area contributed by atoms with Crippen molar-refractivity contribution in [3.8, 4) is 0 Å². The van der Waals surface area contributed by atoms with Crippen LogP contribution in [0.1, 0.15) is 18.1 Å². The Kier molecular flexibility index (Phi) is 4.14. The highest BCUT2D eigenvalue weighted by atomic mass is 35.5. The minimum Gasteiger partial charge on any atom is -0.330 e. The number of carbonyl (C=O) groups is 1. The maximum Gasteiger partial charge on any atom is 0.188 e. The zero-order valence-corrected chi connectivity index (χ0v) is 13.9. The molecule has 0 radical (unpaired) electrons. The van der Waals surface area contributed by atoms with Gasteiger partial charge in [0.2, 0.25) is 0 Å². The number of nitrogens with zero attached hydrogens (tertiary/aromatic N) is 1. The molecule has 0 aliphatic heterocycles. The number of fused-ring (bicyclic) bond motifs is 1. The predicted molar refractivity (Wildman–Crippen MR) is 93.5 cm³/mol. The second-order valence-electron chi connectivity index (χ2n) is 5.31. The number of hydrogen-bond acceptors (Lipinski definition) is 4. The van der Waals surface area contributed by atoms with Crippen LogP contribution in [0.2, 0.25) is 5.02 Å². The number of hydrogen-bond donors (Lipinski definition) is 1. The Labute approximate surface area is 138 Å². The monoisotopic (exact) mass is 330 g/mol. The summed E-state index contributed by atoms with van der Waals surface area (Å²) in [5.74, 6) is 0.123. The van der Waals surface area contributed by atoms with E-state index in [9.17, 15) is 4.79 Å². The maximum absolute atomic E-state index is 11.2. The Balaban J connectivity index is 1.86. The highest BCUT2D eigenvalue weighted by Gasteiger charge is 2.08. The van der Waals surface area contributed by atoms with Crippen LogP contribution < -0.4 is 5.32 Å². The number of ketones is 1. The fraction of sp³-hybridized carbons (Fsp3) is 0.176. The highest BCUT2D eigenvalue weighted by molar-refractivity contribution is 7.22. The summed E-state index contributed by atoms with van der Waals surface area (Å²) in [6.07, 6.45) is 0.403. The van der Waals surface area contributed by atoms with Crippen LogP contribution in [0, 0.1) is 6.92 Å². The molecule has 22 heavy (non-hydrogen) atoms. The molecule has 0 aliphatic carbocycles. The van der Waals surface area contributed by atoms with Gasteiger partial charge in [0.05, 0.1) is 20.9 Å². The van der Waals surface area contributed by atoms with Crippen LogP contribution in [0.25, 0.3) is 10.2 Å². The van der Waals surface area contributed by atoms with E-state index in [4.69, 9.17) is 11.6 Å². The van der Waals surface area contributed by atoms with Gasteiger partial charge in [0.15, 0.2) is 5.13 Å². The van der Waals surface area contributed by atoms with E-state index in [1.54, 1.807) is 18.3 Å². The fourth-order valence-corrected chi connectivity index (χ4v) is 3.48. The van der Waals surface area contributed by atoms with Crippen LogP contribution in [0.15, 0.2) is 36.4 Å². The number of Topliss-reactive ketones (excluding diaryl/α,β-unsaturated/α-hetero) is 1. The van der Waals surface area contributed by atoms with Gasteiger partial charge in [0.1, 0.15) is 5.78 Å². The molecule has 1 aromatic heterocycles. The molecule has 0 aliphatic rings. The van der Waals surface area contributed by atoms with Crippen molar-refractivity contribution < 1.29 is 4.79 Å². The van der Waals surface area contributed by atoms with Gasteiger partial charge in [-0.05, 0) is 49.2 Å². The van der Waals surface area contributed by atoms with E-state index in [0.717, 1.165) is 26.6 Å². The third-order valence-electron chi connectivity index (χ3n) is 3.27. The molecular formula is C17H15ClN2OS. The second kappa shape index (κ2) is 6.07. The highest BCUT2D eigenvalue weighted by Crippen LogP contribution is 2.32. The molecule has 1 heterocycles. The lowest BCUT2D eigenvalue weighted by Crippen LogP contribution is -1.97. The van der Waals surface area contributed by atoms with Gasteiger partial charge < -0.3 is 5.32 Å². The molecule has 0 saturated carbocycles. The fourth-order valence-electron chi connectivity index (χ4n) is 2.26. The number of carbonyl (C=O) groups excluding carboxylic acids is 1. The minimum absolute atomic E-state index is 0.123. The Hall–Kier alpha value is -1.91.